The molecule has 5 nitrogen and oxygen atoms in total. The third-order valence-electron chi connectivity index (χ3n) is 5.20. The number of hydrogen-bond acceptors (Lipinski definition) is 5. The largest absolute Gasteiger partial charge is 0.473 e. The fourth-order valence-electron chi connectivity index (χ4n) is 3.87. The second kappa shape index (κ2) is 6.53. The van der Waals surface area contributed by atoms with Gasteiger partial charge in [0.2, 0.25) is 5.88 Å². The minimum Gasteiger partial charge on any atom is -0.473 e. The fourth-order valence-corrected chi connectivity index (χ4v) is 5.39. The number of aromatic nitrogens is 2. The van der Waals surface area contributed by atoms with Crippen LogP contribution in [0.3, 0.4) is 0 Å². The van der Waals surface area contributed by atoms with Crippen molar-refractivity contribution >= 4 is 28.6 Å². The summed E-state index contributed by atoms with van der Waals surface area (Å²) in [4.78, 5) is 23.3. The Morgan fingerprint density at radius 1 is 1.11 bits per heavy atom. The van der Waals surface area contributed by atoms with Gasteiger partial charge in [0, 0.05) is 54.7 Å². The van der Waals surface area contributed by atoms with Gasteiger partial charge in [-0.1, -0.05) is 12.1 Å². The van der Waals surface area contributed by atoms with E-state index in [9.17, 15) is 4.79 Å². The molecule has 3 aromatic rings. The van der Waals surface area contributed by atoms with Gasteiger partial charge in [0.25, 0.3) is 5.91 Å². The lowest BCUT2D eigenvalue weighted by Crippen LogP contribution is -2.60. The molecule has 0 N–H and O–H groups in total. The van der Waals surface area contributed by atoms with Crippen molar-refractivity contribution in [1.82, 2.24) is 14.9 Å². The van der Waals surface area contributed by atoms with E-state index in [1.165, 1.54) is 0 Å². The number of rotatable bonds is 3. The molecule has 0 aliphatic carbocycles. The van der Waals surface area contributed by atoms with Crippen LogP contribution in [-0.2, 0) is 0 Å². The summed E-state index contributed by atoms with van der Waals surface area (Å²) < 4.78 is 6.13. The van der Waals surface area contributed by atoms with Crippen LogP contribution >= 0.6 is 11.8 Å². The second-order valence-electron chi connectivity index (χ2n) is 7.18. The molecule has 0 unspecified atom stereocenters. The standard InChI is InChI=1S/C21H19N3O2S/c25-20(16-6-7-18-15(10-16)4-3-9-22-18)24-13-21(14-24)11-17(12-27-21)26-19-5-1-2-8-23-19/h1-10,17H,11-14H2/t17-/m1/s1. The number of carbonyl (C=O) groups excluding carboxylic acids is 1. The number of pyridine rings is 2. The first-order valence-electron chi connectivity index (χ1n) is 9.07. The van der Waals surface area contributed by atoms with Crippen molar-refractivity contribution in [1.29, 1.82) is 0 Å². The predicted octanol–water partition coefficient (Wildman–Crippen LogP) is 3.41. The quantitative estimate of drug-likeness (QED) is 0.700. The Morgan fingerprint density at radius 2 is 2.00 bits per heavy atom. The number of carbonyl (C=O) groups is 1. The van der Waals surface area contributed by atoms with Gasteiger partial charge in [-0.3, -0.25) is 9.78 Å². The van der Waals surface area contributed by atoms with Gasteiger partial charge in [-0.25, -0.2) is 4.98 Å². The van der Waals surface area contributed by atoms with Crippen LogP contribution in [0.4, 0.5) is 0 Å². The summed E-state index contributed by atoms with van der Waals surface area (Å²) >= 11 is 1.92. The molecule has 2 fully saturated rings. The summed E-state index contributed by atoms with van der Waals surface area (Å²) in [5.41, 5.74) is 1.64. The predicted molar refractivity (Wildman–Crippen MR) is 106 cm³/mol. The molecule has 5 rings (SSSR count). The number of fused-ring (bicyclic) bond motifs is 1. The lowest BCUT2D eigenvalue weighted by atomic mass is 9.92. The smallest absolute Gasteiger partial charge is 0.253 e. The highest BCUT2D eigenvalue weighted by Crippen LogP contribution is 2.46. The summed E-state index contributed by atoms with van der Waals surface area (Å²) in [5, 5.41) is 0.998. The van der Waals surface area contributed by atoms with E-state index in [1.54, 1.807) is 12.4 Å². The van der Waals surface area contributed by atoms with Crippen LogP contribution in [0, 0.1) is 0 Å². The van der Waals surface area contributed by atoms with Crippen LogP contribution < -0.4 is 4.74 Å². The number of amides is 1. The van der Waals surface area contributed by atoms with Gasteiger partial charge in [-0.2, -0.15) is 0 Å². The molecule has 136 valence electrons. The molecule has 1 aromatic carbocycles. The molecule has 27 heavy (non-hydrogen) atoms. The van der Waals surface area contributed by atoms with E-state index in [1.807, 2.05) is 65.2 Å². The summed E-state index contributed by atoms with van der Waals surface area (Å²) in [6.45, 7) is 1.56. The average Bonchev–Trinajstić information content (AvgIpc) is 3.11. The number of ether oxygens (including phenoxy) is 1. The van der Waals surface area contributed by atoms with Crippen LogP contribution in [0.5, 0.6) is 5.88 Å². The van der Waals surface area contributed by atoms with E-state index >= 15 is 0 Å². The van der Waals surface area contributed by atoms with Crippen LogP contribution in [-0.4, -0.2) is 50.5 Å². The SMILES string of the molecule is O=C(c1ccc2ncccc2c1)N1CC2(C[C@@H](Oc3ccccn3)CS2)C1. The van der Waals surface area contributed by atoms with Gasteiger partial charge in [0.15, 0.2) is 0 Å². The van der Waals surface area contributed by atoms with E-state index < -0.39 is 0 Å². The maximum Gasteiger partial charge on any atom is 0.253 e. The minimum absolute atomic E-state index is 0.0982. The second-order valence-corrected chi connectivity index (χ2v) is 8.67. The third kappa shape index (κ3) is 3.14. The van der Waals surface area contributed by atoms with Crippen molar-refractivity contribution in [3.8, 4) is 5.88 Å². The lowest BCUT2D eigenvalue weighted by Gasteiger charge is -2.47. The van der Waals surface area contributed by atoms with Crippen LogP contribution in [0.1, 0.15) is 16.8 Å². The van der Waals surface area contributed by atoms with E-state index in [0.29, 0.717) is 5.88 Å². The maximum atomic E-state index is 12.8. The van der Waals surface area contributed by atoms with Gasteiger partial charge in [0.05, 0.1) is 10.3 Å². The highest BCUT2D eigenvalue weighted by atomic mass is 32.2. The summed E-state index contributed by atoms with van der Waals surface area (Å²) in [5.74, 6) is 1.72. The Kier molecular flexibility index (Phi) is 4.01. The van der Waals surface area contributed by atoms with Gasteiger partial charge < -0.3 is 9.64 Å². The van der Waals surface area contributed by atoms with E-state index in [-0.39, 0.29) is 16.8 Å². The molecule has 6 heteroatoms. The van der Waals surface area contributed by atoms with Crippen LogP contribution in [0.2, 0.25) is 0 Å². The van der Waals surface area contributed by atoms with Crippen LogP contribution in [0.25, 0.3) is 10.9 Å². The van der Waals surface area contributed by atoms with Crippen molar-refractivity contribution in [2.24, 2.45) is 0 Å². The highest BCUT2D eigenvalue weighted by molar-refractivity contribution is 8.01. The van der Waals surface area contributed by atoms with Gasteiger partial charge in [-0.05, 0) is 30.3 Å². The van der Waals surface area contributed by atoms with Crippen molar-refractivity contribution < 1.29 is 9.53 Å². The van der Waals surface area contributed by atoms with Gasteiger partial charge in [-0.15, -0.1) is 11.8 Å². The molecule has 2 aliphatic heterocycles. The molecule has 1 spiro atoms. The monoisotopic (exact) mass is 377 g/mol. The van der Waals surface area contributed by atoms with Crippen molar-refractivity contribution in [3.63, 3.8) is 0 Å². The molecule has 0 saturated carbocycles. The third-order valence-corrected chi connectivity index (χ3v) is 6.77. The normalized spacial score (nSPS) is 20.6. The first-order valence-corrected chi connectivity index (χ1v) is 10.1. The topological polar surface area (TPSA) is 55.3 Å². The molecule has 2 aromatic heterocycles. The molecular formula is C21H19N3O2S. The first kappa shape index (κ1) is 16.6. The Balaban J connectivity index is 1.23. The Morgan fingerprint density at radius 3 is 2.85 bits per heavy atom. The minimum atomic E-state index is 0.0982. The molecule has 4 heterocycles. The summed E-state index contributed by atoms with van der Waals surface area (Å²) in [6, 6.07) is 15.3. The molecule has 0 bridgehead atoms. The molecular weight excluding hydrogens is 358 g/mol. The number of thioether (sulfide) groups is 1. The molecule has 2 aliphatic rings. The summed E-state index contributed by atoms with van der Waals surface area (Å²) in [6.07, 6.45) is 4.63. The number of benzene rings is 1. The molecule has 0 radical (unpaired) electrons. The first-order chi connectivity index (χ1) is 13.2. The molecule has 2 saturated heterocycles. The number of nitrogens with zero attached hydrogens (tertiary/aromatic N) is 3. The summed E-state index contributed by atoms with van der Waals surface area (Å²) in [7, 11) is 0. The van der Waals surface area contributed by atoms with Crippen molar-refractivity contribution in [2.75, 3.05) is 18.8 Å². The number of likely N-dealkylation sites (tertiary alicyclic amines) is 1. The fraction of sp³-hybridized carbons (Fsp3) is 0.286. The zero-order valence-corrected chi connectivity index (χ0v) is 15.6. The Labute approximate surface area is 161 Å². The lowest BCUT2D eigenvalue weighted by molar-refractivity contribution is 0.0516. The molecule has 1 amide bonds. The van der Waals surface area contributed by atoms with Crippen LogP contribution in [0.15, 0.2) is 60.9 Å². The zero-order valence-electron chi connectivity index (χ0n) is 14.7. The van der Waals surface area contributed by atoms with Gasteiger partial charge in [0.1, 0.15) is 6.10 Å². The Bertz CT molecular complexity index is 989. The highest BCUT2D eigenvalue weighted by Gasteiger charge is 2.51. The average molecular weight is 377 g/mol. The zero-order chi connectivity index (χ0) is 18.3. The van der Waals surface area contributed by atoms with E-state index in [4.69, 9.17) is 4.74 Å². The Hall–Kier alpha value is -2.60. The van der Waals surface area contributed by atoms with E-state index in [0.717, 1.165) is 41.7 Å². The van der Waals surface area contributed by atoms with Crippen molar-refractivity contribution in [2.45, 2.75) is 17.3 Å². The van der Waals surface area contributed by atoms with Gasteiger partial charge >= 0.3 is 0 Å². The van der Waals surface area contributed by atoms with Crippen molar-refractivity contribution in [3.05, 3.63) is 66.5 Å². The number of hydrogen-bond donors (Lipinski definition) is 0. The van der Waals surface area contributed by atoms with E-state index in [2.05, 4.69) is 9.97 Å². The molecule has 1 atom stereocenters. The maximum absolute atomic E-state index is 12.8.